The quantitative estimate of drug-likeness (QED) is 0.743. The average molecular weight is 324 g/mol. The van der Waals surface area contributed by atoms with Gasteiger partial charge in [0.05, 0.1) is 6.04 Å². The Morgan fingerprint density at radius 2 is 2.00 bits per heavy atom. The van der Waals surface area contributed by atoms with Crippen LogP contribution in [-0.4, -0.2) is 22.6 Å². The number of rotatable bonds is 2. The van der Waals surface area contributed by atoms with E-state index in [-0.39, 0.29) is 18.0 Å². The summed E-state index contributed by atoms with van der Waals surface area (Å²) in [6.45, 7) is 2.10. The maximum atomic E-state index is 12.6. The molecule has 2 atom stereocenters. The van der Waals surface area contributed by atoms with E-state index in [1.165, 1.54) is 35.9 Å². The molecule has 0 bridgehead atoms. The molecule has 1 aliphatic carbocycles. The van der Waals surface area contributed by atoms with E-state index >= 15 is 0 Å². The third-order valence-corrected chi connectivity index (χ3v) is 5.21. The molecule has 126 valence electrons. The summed E-state index contributed by atoms with van der Waals surface area (Å²) in [6.07, 6.45) is 6.37. The van der Waals surface area contributed by atoms with Crippen molar-refractivity contribution in [2.24, 2.45) is 5.10 Å². The Hall–Kier alpha value is -2.14. The number of para-hydroxylation sites is 1. The first-order valence-electron chi connectivity index (χ1n) is 8.93. The predicted molar refractivity (Wildman–Crippen MR) is 96.0 cm³/mol. The summed E-state index contributed by atoms with van der Waals surface area (Å²) in [7, 11) is 0. The second kappa shape index (κ2) is 6.40. The van der Waals surface area contributed by atoms with Crippen LogP contribution in [0, 0.1) is 0 Å². The summed E-state index contributed by atoms with van der Waals surface area (Å²) in [5.41, 5.74) is 7.50. The fraction of sp³-hybridized carbons (Fsp3) is 0.474. The minimum Gasteiger partial charge on any atom is -0.357 e. The molecule has 2 heterocycles. The van der Waals surface area contributed by atoms with E-state index in [0.717, 1.165) is 24.1 Å². The number of nitrogens with one attached hydrogen (secondary N) is 3. The zero-order valence-corrected chi connectivity index (χ0v) is 14.1. The molecule has 0 spiro atoms. The van der Waals surface area contributed by atoms with E-state index in [0.29, 0.717) is 6.42 Å². The van der Waals surface area contributed by atoms with Crippen LogP contribution in [0.4, 0.5) is 0 Å². The Morgan fingerprint density at radius 3 is 2.83 bits per heavy atom. The summed E-state index contributed by atoms with van der Waals surface area (Å²) in [5, 5.41) is 8.99. The molecular formula is C19H24N4O. The van der Waals surface area contributed by atoms with Gasteiger partial charge in [-0.15, -0.1) is 0 Å². The van der Waals surface area contributed by atoms with Crippen LogP contribution in [0.1, 0.15) is 56.3 Å². The molecule has 3 N–H and O–H groups in total. The molecule has 1 aliphatic heterocycles. The van der Waals surface area contributed by atoms with Gasteiger partial charge in [0, 0.05) is 28.4 Å². The fourth-order valence-corrected chi connectivity index (χ4v) is 3.91. The van der Waals surface area contributed by atoms with Crippen LogP contribution in [0.3, 0.4) is 0 Å². The van der Waals surface area contributed by atoms with Gasteiger partial charge in [-0.25, -0.2) is 5.43 Å². The van der Waals surface area contributed by atoms with Gasteiger partial charge in [0.25, 0.3) is 5.91 Å². The lowest BCUT2D eigenvalue weighted by Crippen LogP contribution is -2.48. The van der Waals surface area contributed by atoms with E-state index in [9.17, 15) is 4.79 Å². The summed E-state index contributed by atoms with van der Waals surface area (Å²) in [6, 6.07) is 8.18. The Morgan fingerprint density at radius 1 is 1.21 bits per heavy atom. The molecule has 0 saturated heterocycles. The molecule has 2 aromatic rings. The zero-order valence-electron chi connectivity index (χ0n) is 14.1. The van der Waals surface area contributed by atoms with Crippen molar-refractivity contribution in [2.75, 3.05) is 0 Å². The van der Waals surface area contributed by atoms with Crippen molar-refractivity contribution in [1.29, 1.82) is 0 Å². The van der Waals surface area contributed by atoms with Crippen LogP contribution in [0.2, 0.25) is 0 Å². The standard InChI is InChI=1S/C19H24N4O/c1-12-18-15(14-9-5-6-10-16(14)21-18)11-17(20-12)19(24)23-22-13-7-3-2-4-8-13/h5-6,9-10,12,17,20-21H,2-4,7-8,11H2,1H3,(H,23,24). The molecule has 1 amide bonds. The number of nitrogens with zero attached hydrogens (tertiary/aromatic N) is 1. The van der Waals surface area contributed by atoms with E-state index in [1.54, 1.807) is 0 Å². The van der Waals surface area contributed by atoms with Gasteiger partial charge in [0.15, 0.2) is 0 Å². The van der Waals surface area contributed by atoms with Gasteiger partial charge in [-0.3, -0.25) is 10.1 Å². The van der Waals surface area contributed by atoms with Crippen LogP contribution < -0.4 is 10.7 Å². The monoisotopic (exact) mass is 324 g/mol. The number of amides is 1. The Balaban J connectivity index is 1.52. The zero-order chi connectivity index (χ0) is 16.5. The van der Waals surface area contributed by atoms with Crippen molar-refractivity contribution in [2.45, 2.75) is 57.5 Å². The number of H-pyrrole nitrogens is 1. The molecule has 1 aromatic carbocycles. The number of aromatic nitrogens is 1. The highest BCUT2D eigenvalue weighted by Crippen LogP contribution is 2.31. The molecule has 5 nitrogen and oxygen atoms in total. The lowest BCUT2D eigenvalue weighted by atomic mass is 9.94. The fourth-order valence-electron chi connectivity index (χ4n) is 3.91. The van der Waals surface area contributed by atoms with Crippen LogP contribution in [0.25, 0.3) is 10.9 Å². The van der Waals surface area contributed by atoms with Crippen LogP contribution in [0.15, 0.2) is 29.4 Å². The predicted octanol–water partition coefficient (Wildman–Crippen LogP) is 3.18. The van der Waals surface area contributed by atoms with E-state index in [2.05, 4.69) is 39.9 Å². The van der Waals surface area contributed by atoms with Crippen molar-refractivity contribution in [3.05, 3.63) is 35.5 Å². The van der Waals surface area contributed by atoms with Gasteiger partial charge in [-0.1, -0.05) is 24.6 Å². The molecule has 4 rings (SSSR count). The molecule has 0 radical (unpaired) electrons. The summed E-state index contributed by atoms with van der Waals surface area (Å²) < 4.78 is 0. The summed E-state index contributed by atoms with van der Waals surface area (Å²) in [4.78, 5) is 16.1. The van der Waals surface area contributed by atoms with Crippen molar-refractivity contribution < 1.29 is 4.79 Å². The van der Waals surface area contributed by atoms with Crippen LogP contribution in [0.5, 0.6) is 0 Å². The molecule has 24 heavy (non-hydrogen) atoms. The molecular weight excluding hydrogens is 300 g/mol. The maximum Gasteiger partial charge on any atom is 0.257 e. The highest BCUT2D eigenvalue weighted by molar-refractivity contribution is 5.90. The minimum absolute atomic E-state index is 0.0316. The smallest absolute Gasteiger partial charge is 0.257 e. The molecule has 1 saturated carbocycles. The van der Waals surface area contributed by atoms with Crippen LogP contribution in [-0.2, 0) is 11.2 Å². The number of benzene rings is 1. The Labute approximate surface area is 141 Å². The van der Waals surface area contributed by atoms with Gasteiger partial charge in [0.2, 0.25) is 0 Å². The van der Waals surface area contributed by atoms with Gasteiger partial charge in [0.1, 0.15) is 0 Å². The number of hydrogen-bond acceptors (Lipinski definition) is 3. The van der Waals surface area contributed by atoms with Crippen molar-refractivity contribution >= 4 is 22.5 Å². The molecule has 1 aromatic heterocycles. The second-order valence-corrected chi connectivity index (χ2v) is 6.92. The maximum absolute atomic E-state index is 12.6. The number of aromatic amines is 1. The second-order valence-electron chi connectivity index (χ2n) is 6.92. The van der Waals surface area contributed by atoms with E-state index in [1.807, 2.05) is 12.1 Å². The first-order valence-corrected chi connectivity index (χ1v) is 8.93. The van der Waals surface area contributed by atoms with Crippen molar-refractivity contribution in [3.63, 3.8) is 0 Å². The lowest BCUT2D eigenvalue weighted by molar-refractivity contribution is -0.123. The number of carbonyl (C=O) groups excluding carboxylic acids is 1. The van der Waals surface area contributed by atoms with Gasteiger partial charge in [-0.2, -0.15) is 5.10 Å². The normalized spacial score (nSPS) is 23.8. The topological polar surface area (TPSA) is 69.3 Å². The average Bonchev–Trinajstić information content (AvgIpc) is 3.00. The van der Waals surface area contributed by atoms with E-state index < -0.39 is 0 Å². The van der Waals surface area contributed by atoms with Crippen molar-refractivity contribution in [3.8, 4) is 0 Å². The lowest BCUT2D eigenvalue weighted by Gasteiger charge is -2.28. The first kappa shape index (κ1) is 15.4. The molecule has 2 unspecified atom stereocenters. The van der Waals surface area contributed by atoms with Gasteiger partial charge in [-0.05, 0) is 50.7 Å². The third kappa shape index (κ3) is 2.84. The van der Waals surface area contributed by atoms with Gasteiger partial charge >= 0.3 is 0 Å². The minimum atomic E-state index is -0.236. The summed E-state index contributed by atoms with van der Waals surface area (Å²) >= 11 is 0. The number of carbonyl (C=O) groups is 1. The number of fused-ring (bicyclic) bond motifs is 3. The number of hydrogen-bond donors (Lipinski definition) is 3. The molecule has 5 heteroatoms. The Kier molecular flexibility index (Phi) is 4.10. The van der Waals surface area contributed by atoms with Crippen LogP contribution >= 0.6 is 0 Å². The Bertz CT molecular complexity index is 784. The highest BCUT2D eigenvalue weighted by atomic mass is 16.2. The van der Waals surface area contributed by atoms with Gasteiger partial charge < -0.3 is 4.98 Å². The number of hydrazone groups is 1. The largest absolute Gasteiger partial charge is 0.357 e. The molecule has 2 aliphatic rings. The SMILES string of the molecule is CC1NC(C(=O)NN=C2CCCCC2)Cc2c1[nH]c1ccccc21. The first-order chi connectivity index (χ1) is 11.7. The van der Waals surface area contributed by atoms with E-state index in [4.69, 9.17) is 0 Å². The highest BCUT2D eigenvalue weighted by Gasteiger charge is 2.30. The third-order valence-electron chi connectivity index (χ3n) is 5.21. The molecule has 1 fully saturated rings. The summed E-state index contributed by atoms with van der Waals surface area (Å²) in [5.74, 6) is -0.0316. The van der Waals surface area contributed by atoms with Crippen molar-refractivity contribution in [1.82, 2.24) is 15.7 Å².